The van der Waals surface area contributed by atoms with E-state index < -0.39 is 0 Å². The largest absolute Gasteiger partial charge is 0.345 e. The van der Waals surface area contributed by atoms with Crippen molar-refractivity contribution in [2.75, 3.05) is 0 Å². The van der Waals surface area contributed by atoms with E-state index in [4.69, 9.17) is 0 Å². The highest BCUT2D eigenvalue weighted by Gasteiger charge is 2.31. The molecule has 0 N–H and O–H groups in total. The van der Waals surface area contributed by atoms with Crippen LogP contribution in [0.15, 0.2) is 36.7 Å². The van der Waals surface area contributed by atoms with Crippen molar-refractivity contribution in [2.24, 2.45) is 0 Å². The van der Waals surface area contributed by atoms with Crippen LogP contribution in [0.2, 0.25) is 0 Å². The summed E-state index contributed by atoms with van der Waals surface area (Å²) in [5, 5.41) is 2.68. The molecule has 0 atom stereocenters. The molecule has 2 heteroatoms. The highest BCUT2D eigenvalue weighted by atomic mass is 15.2. The summed E-state index contributed by atoms with van der Waals surface area (Å²) < 4.78 is 4.71. The SMILES string of the molecule is Cc1cc2ccc3cc(C)c[n+]4c3c2[n+](c1)C4. The van der Waals surface area contributed by atoms with E-state index in [1.165, 1.54) is 32.9 Å². The third-order valence-corrected chi connectivity index (χ3v) is 3.58. The standard InChI is InChI=1S/C15H14N2/c1-10-5-12-3-4-13-6-11(2)8-17-9-16(7-10)14(12)15(13)17/h3-8H,9H2,1-2H3/q+2. The van der Waals surface area contributed by atoms with Gasteiger partial charge in [0.1, 0.15) is 0 Å². The van der Waals surface area contributed by atoms with Crippen molar-refractivity contribution in [3.63, 3.8) is 0 Å². The quantitative estimate of drug-likeness (QED) is 0.317. The van der Waals surface area contributed by atoms with Crippen LogP contribution in [0, 0.1) is 13.8 Å². The first kappa shape index (κ1) is 9.11. The van der Waals surface area contributed by atoms with Crippen LogP contribution in [0.25, 0.3) is 21.8 Å². The average molecular weight is 222 g/mol. The predicted octanol–water partition coefficient (Wildman–Crippen LogP) is 2.00. The third kappa shape index (κ3) is 1.10. The number of hydrogen-bond donors (Lipinski definition) is 0. The maximum absolute atomic E-state index is 2.35. The molecule has 3 heterocycles. The summed E-state index contributed by atoms with van der Waals surface area (Å²) in [7, 11) is 0. The number of benzene rings is 1. The fourth-order valence-electron chi connectivity index (χ4n) is 3.02. The van der Waals surface area contributed by atoms with Gasteiger partial charge in [0.25, 0.3) is 11.0 Å². The molecule has 4 rings (SSSR count). The summed E-state index contributed by atoms with van der Waals surface area (Å²) in [5.74, 6) is 0. The van der Waals surface area contributed by atoms with Gasteiger partial charge in [-0.05, 0) is 38.1 Å². The lowest BCUT2D eigenvalue weighted by atomic mass is 10.1. The molecule has 0 spiro atoms. The van der Waals surface area contributed by atoms with Gasteiger partial charge in [-0.2, -0.15) is 0 Å². The zero-order valence-corrected chi connectivity index (χ0v) is 10.1. The monoisotopic (exact) mass is 222 g/mol. The summed E-state index contributed by atoms with van der Waals surface area (Å²) in [6.45, 7) is 5.26. The zero-order chi connectivity index (χ0) is 11.6. The Kier molecular flexibility index (Phi) is 1.52. The third-order valence-electron chi connectivity index (χ3n) is 3.58. The highest BCUT2D eigenvalue weighted by molar-refractivity contribution is 5.99. The van der Waals surface area contributed by atoms with Crippen molar-refractivity contribution in [3.05, 3.63) is 47.8 Å². The molecule has 0 amide bonds. The van der Waals surface area contributed by atoms with Crippen molar-refractivity contribution in [3.8, 4) is 0 Å². The second-order valence-electron chi connectivity index (χ2n) is 5.06. The second-order valence-corrected chi connectivity index (χ2v) is 5.06. The first-order chi connectivity index (χ1) is 8.22. The molecule has 0 radical (unpaired) electrons. The minimum atomic E-state index is 0.940. The fourth-order valence-corrected chi connectivity index (χ4v) is 3.02. The lowest BCUT2D eigenvalue weighted by molar-refractivity contribution is -0.872. The van der Waals surface area contributed by atoms with Gasteiger partial charge in [0.15, 0.2) is 12.4 Å². The van der Waals surface area contributed by atoms with Gasteiger partial charge in [0, 0.05) is 11.1 Å². The van der Waals surface area contributed by atoms with Crippen molar-refractivity contribution in [1.82, 2.24) is 0 Å². The minimum absolute atomic E-state index is 0.940. The normalized spacial score (nSPS) is 13.1. The maximum Gasteiger partial charge on any atom is 0.345 e. The van der Waals surface area contributed by atoms with Crippen LogP contribution in [0.3, 0.4) is 0 Å². The summed E-state index contributed by atoms with van der Waals surface area (Å²) in [6, 6.07) is 8.99. The molecule has 1 aliphatic rings. The first-order valence-electron chi connectivity index (χ1n) is 5.99. The van der Waals surface area contributed by atoms with Gasteiger partial charge in [-0.3, -0.25) is 0 Å². The Labute approximate surface area is 99.7 Å². The molecule has 2 nitrogen and oxygen atoms in total. The molecule has 82 valence electrons. The summed E-state index contributed by atoms with van der Waals surface area (Å²) in [6.07, 6.45) is 4.48. The predicted molar refractivity (Wildman–Crippen MR) is 66.7 cm³/mol. The van der Waals surface area contributed by atoms with E-state index >= 15 is 0 Å². The van der Waals surface area contributed by atoms with E-state index in [9.17, 15) is 0 Å². The molecule has 17 heavy (non-hydrogen) atoms. The van der Waals surface area contributed by atoms with Crippen LogP contribution >= 0.6 is 0 Å². The maximum atomic E-state index is 2.35. The Hall–Kier alpha value is -1.96. The van der Waals surface area contributed by atoms with E-state index in [1.807, 2.05) is 0 Å². The molecule has 0 fully saturated rings. The number of rotatable bonds is 0. The lowest BCUT2D eigenvalue weighted by Gasteiger charge is -1.95. The van der Waals surface area contributed by atoms with E-state index in [0.717, 1.165) is 6.67 Å². The number of nitrogens with zero attached hydrogens (tertiary/aromatic N) is 2. The van der Waals surface area contributed by atoms with Gasteiger partial charge in [-0.15, -0.1) is 9.13 Å². The topological polar surface area (TPSA) is 7.76 Å². The summed E-state index contributed by atoms with van der Waals surface area (Å²) in [4.78, 5) is 0. The van der Waals surface area contributed by atoms with E-state index in [1.54, 1.807) is 0 Å². The lowest BCUT2D eigenvalue weighted by Crippen LogP contribution is -2.45. The van der Waals surface area contributed by atoms with Gasteiger partial charge < -0.3 is 0 Å². The van der Waals surface area contributed by atoms with E-state index in [0.29, 0.717) is 0 Å². The molecule has 0 aliphatic carbocycles. The van der Waals surface area contributed by atoms with Crippen molar-refractivity contribution < 1.29 is 9.13 Å². The van der Waals surface area contributed by atoms with E-state index in [-0.39, 0.29) is 0 Å². The summed E-state index contributed by atoms with van der Waals surface area (Å²) >= 11 is 0. The van der Waals surface area contributed by atoms with Gasteiger partial charge in [0.05, 0.1) is 10.8 Å². The van der Waals surface area contributed by atoms with Crippen LogP contribution < -0.4 is 9.13 Å². The van der Waals surface area contributed by atoms with E-state index in [2.05, 4.69) is 59.6 Å². The number of aromatic nitrogens is 2. The Morgan fingerprint density at radius 2 is 1.29 bits per heavy atom. The molecule has 0 bridgehead atoms. The Balaban J connectivity index is 2.31. The van der Waals surface area contributed by atoms with Gasteiger partial charge in [-0.25, -0.2) is 0 Å². The number of hydrogen-bond acceptors (Lipinski definition) is 0. The van der Waals surface area contributed by atoms with Gasteiger partial charge in [-0.1, -0.05) is 0 Å². The minimum Gasteiger partial charge on any atom is -0.133 e. The molecular formula is C15H14N2+2. The molecule has 1 aliphatic heterocycles. The van der Waals surface area contributed by atoms with Crippen molar-refractivity contribution in [1.29, 1.82) is 0 Å². The number of aryl methyl sites for hydroxylation is 2. The van der Waals surface area contributed by atoms with Crippen molar-refractivity contribution in [2.45, 2.75) is 20.5 Å². The smallest absolute Gasteiger partial charge is 0.133 e. The molecule has 2 aromatic heterocycles. The van der Waals surface area contributed by atoms with Crippen LogP contribution in [-0.2, 0) is 6.67 Å². The second kappa shape index (κ2) is 2.83. The molecule has 1 aromatic carbocycles. The van der Waals surface area contributed by atoms with Crippen LogP contribution in [0.5, 0.6) is 0 Å². The Morgan fingerprint density at radius 3 is 1.76 bits per heavy atom. The van der Waals surface area contributed by atoms with Gasteiger partial charge >= 0.3 is 6.67 Å². The Morgan fingerprint density at radius 1 is 0.824 bits per heavy atom. The number of pyridine rings is 2. The Bertz CT molecular complexity index is 721. The van der Waals surface area contributed by atoms with Crippen LogP contribution in [-0.4, -0.2) is 0 Å². The molecule has 0 saturated carbocycles. The molecular weight excluding hydrogens is 208 g/mol. The van der Waals surface area contributed by atoms with Crippen LogP contribution in [0.4, 0.5) is 0 Å². The zero-order valence-electron chi connectivity index (χ0n) is 10.1. The molecule has 0 saturated heterocycles. The average Bonchev–Trinajstić information content (AvgIpc) is 2.62. The van der Waals surface area contributed by atoms with Crippen LogP contribution in [0.1, 0.15) is 11.1 Å². The summed E-state index contributed by atoms with van der Waals surface area (Å²) in [5.41, 5.74) is 5.38. The highest BCUT2D eigenvalue weighted by Crippen LogP contribution is 2.23. The molecule has 3 aromatic rings. The van der Waals surface area contributed by atoms with Crippen molar-refractivity contribution >= 4 is 21.8 Å². The first-order valence-corrected chi connectivity index (χ1v) is 5.99. The van der Waals surface area contributed by atoms with Gasteiger partial charge in [0.2, 0.25) is 0 Å². The fraction of sp³-hybridized carbons (Fsp3) is 0.200. The molecule has 0 unspecified atom stereocenters.